The molecule has 1 amide bonds. The first-order valence-electron chi connectivity index (χ1n) is 6.68. The van der Waals surface area contributed by atoms with Gasteiger partial charge in [-0.05, 0) is 25.0 Å². The van der Waals surface area contributed by atoms with Crippen molar-refractivity contribution in [2.24, 2.45) is 0 Å². The molecule has 1 saturated carbocycles. The van der Waals surface area contributed by atoms with Crippen molar-refractivity contribution >= 4 is 11.7 Å². The van der Waals surface area contributed by atoms with Gasteiger partial charge in [0.15, 0.2) is 0 Å². The third kappa shape index (κ3) is 2.92. The van der Waals surface area contributed by atoms with Gasteiger partial charge in [0.25, 0.3) is 5.91 Å². The molecule has 1 N–H and O–H groups in total. The predicted molar refractivity (Wildman–Crippen MR) is 74.0 cm³/mol. The lowest BCUT2D eigenvalue weighted by molar-refractivity contribution is -0.121. The first kappa shape index (κ1) is 14.4. The second-order valence-electron chi connectivity index (χ2n) is 5.07. The molecule has 2 rings (SSSR count). The summed E-state index contributed by atoms with van der Waals surface area (Å²) in [5.41, 5.74) is 0.255. The first-order chi connectivity index (χ1) is 9.52. The number of Topliss-reactive ketones (excluding diaryl/α,β-unsaturated/α-hetero) is 1. The van der Waals surface area contributed by atoms with E-state index in [1.807, 2.05) is 0 Å². The molecule has 0 aliphatic heterocycles. The highest BCUT2D eigenvalue weighted by Gasteiger charge is 2.27. The summed E-state index contributed by atoms with van der Waals surface area (Å²) in [6, 6.07) is 4.68. The summed E-state index contributed by atoms with van der Waals surface area (Å²) in [5.74, 6) is 0.442. The molecule has 0 aromatic heterocycles. The van der Waals surface area contributed by atoms with Crippen LogP contribution in [0.2, 0.25) is 0 Å². The molecule has 1 aliphatic rings. The zero-order chi connectivity index (χ0) is 14.7. The van der Waals surface area contributed by atoms with Gasteiger partial charge in [-0.25, -0.2) is 0 Å². The lowest BCUT2D eigenvalue weighted by atomic mass is 9.93. The molecule has 1 fully saturated rings. The van der Waals surface area contributed by atoms with E-state index in [9.17, 15) is 14.7 Å². The molecule has 5 nitrogen and oxygen atoms in total. The van der Waals surface area contributed by atoms with Crippen LogP contribution in [0.1, 0.15) is 36.0 Å². The van der Waals surface area contributed by atoms with Crippen LogP contribution in [0.3, 0.4) is 0 Å². The number of methoxy groups -OCH3 is 1. The van der Waals surface area contributed by atoms with Crippen molar-refractivity contribution in [3.63, 3.8) is 0 Å². The highest BCUT2D eigenvalue weighted by Crippen LogP contribution is 2.27. The maximum Gasteiger partial charge on any atom is 0.257 e. The SMILES string of the molecule is COc1ccc(C(=O)N(C)C2CCC(=O)CC2)c(O)c1. The Hall–Kier alpha value is -2.04. The molecule has 108 valence electrons. The van der Waals surface area contributed by atoms with E-state index < -0.39 is 0 Å². The Morgan fingerprint density at radius 2 is 2.00 bits per heavy atom. The predicted octanol–water partition coefficient (Wildman–Crippen LogP) is 1.98. The fraction of sp³-hybridized carbons (Fsp3) is 0.467. The molecule has 0 heterocycles. The van der Waals surface area contributed by atoms with Crippen LogP contribution in [0.4, 0.5) is 0 Å². The number of hydrogen-bond acceptors (Lipinski definition) is 4. The standard InChI is InChI=1S/C15H19NO4/c1-16(10-3-5-11(17)6-4-10)15(19)13-8-7-12(20-2)9-14(13)18/h7-10,18H,3-6H2,1-2H3. The summed E-state index contributed by atoms with van der Waals surface area (Å²) in [5, 5.41) is 9.90. The Labute approximate surface area is 118 Å². The molecule has 5 heteroatoms. The Bertz CT molecular complexity index is 517. The molecule has 0 spiro atoms. The zero-order valence-corrected chi connectivity index (χ0v) is 11.8. The maximum absolute atomic E-state index is 12.4. The van der Waals surface area contributed by atoms with E-state index in [0.29, 0.717) is 31.4 Å². The van der Waals surface area contributed by atoms with E-state index in [0.717, 1.165) is 0 Å². The molecule has 1 aliphatic carbocycles. The van der Waals surface area contributed by atoms with Crippen LogP contribution in [0, 0.1) is 0 Å². The lowest BCUT2D eigenvalue weighted by Gasteiger charge is -2.31. The van der Waals surface area contributed by atoms with Crippen molar-refractivity contribution in [3.05, 3.63) is 23.8 Å². The second-order valence-corrected chi connectivity index (χ2v) is 5.07. The normalized spacial score (nSPS) is 16.0. The molecule has 0 atom stereocenters. The fourth-order valence-electron chi connectivity index (χ4n) is 2.49. The van der Waals surface area contributed by atoms with Gasteiger partial charge in [0.1, 0.15) is 17.3 Å². The number of phenolic OH excluding ortho intramolecular Hbond substituents is 1. The van der Waals surface area contributed by atoms with Gasteiger partial charge in [0.2, 0.25) is 0 Å². The van der Waals surface area contributed by atoms with Crippen molar-refractivity contribution in [1.82, 2.24) is 4.90 Å². The van der Waals surface area contributed by atoms with Crippen molar-refractivity contribution in [3.8, 4) is 11.5 Å². The number of amides is 1. The third-order valence-corrected chi connectivity index (χ3v) is 3.82. The summed E-state index contributed by atoms with van der Waals surface area (Å²) in [6.07, 6.45) is 2.43. The number of carbonyl (C=O) groups excluding carboxylic acids is 2. The molecule has 0 unspecified atom stereocenters. The van der Waals surface area contributed by atoms with Gasteiger partial charge in [0.05, 0.1) is 12.7 Å². The number of carbonyl (C=O) groups is 2. The molecule has 1 aromatic carbocycles. The maximum atomic E-state index is 12.4. The monoisotopic (exact) mass is 277 g/mol. The van der Waals surface area contributed by atoms with Crippen LogP contribution in [-0.2, 0) is 4.79 Å². The van der Waals surface area contributed by atoms with E-state index >= 15 is 0 Å². The molecule has 0 saturated heterocycles. The zero-order valence-electron chi connectivity index (χ0n) is 11.8. The number of aromatic hydroxyl groups is 1. The van der Waals surface area contributed by atoms with E-state index in [2.05, 4.69) is 0 Å². The van der Waals surface area contributed by atoms with Gasteiger partial charge in [-0.3, -0.25) is 9.59 Å². The van der Waals surface area contributed by atoms with E-state index in [4.69, 9.17) is 4.74 Å². The fourth-order valence-corrected chi connectivity index (χ4v) is 2.49. The number of nitrogens with zero attached hydrogens (tertiary/aromatic N) is 1. The van der Waals surface area contributed by atoms with E-state index in [1.54, 1.807) is 24.1 Å². The summed E-state index contributed by atoms with van der Waals surface area (Å²) in [6.45, 7) is 0. The molecule has 1 aromatic rings. The smallest absolute Gasteiger partial charge is 0.257 e. The van der Waals surface area contributed by atoms with Gasteiger partial charge < -0.3 is 14.7 Å². The van der Waals surface area contributed by atoms with Crippen LogP contribution in [0.15, 0.2) is 18.2 Å². The van der Waals surface area contributed by atoms with Crippen LogP contribution in [0.25, 0.3) is 0 Å². The largest absolute Gasteiger partial charge is 0.507 e. The van der Waals surface area contributed by atoms with Gasteiger partial charge in [0, 0.05) is 32.0 Å². The third-order valence-electron chi connectivity index (χ3n) is 3.82. The van der Waals surface area contributed by atoms with Gasteiger partial charge in [-0.15, -0.1) is 0 Å². The topological polar surface area (TPSA) is 66.8 Å². The Kier molecular flexibility index (Phi) is 4.27. The van der Waals surface area contributed by atoms with Gasteiger partial charge >= 0.3 is 0 Å². The second kappa shape index (κ2) is 5.94. The van der Waals surface area contributed by atoms with E-state index in [1.165, 1.54) is 13.2 Å². The van der Waals surface area contributed by atoms with Crippen LogP contribution >= 0.6 is 0 Å². The molecule has 20 heavy (non-hydrogen) atoms. The highest BCUT2D eigenvalue weighted by molar-refractivity contribution is 5.97. The van der Waals surface area contributed by atoms with E-state index in [-0.39, 0.29) is 29.0 Å². The Balaban J connectivity index is 2.12. The summed E-state index contributed by atoms with van der Waals surface area (Å²) in [7, 11) is 3.22. The number of ketones is 1. The average Bonchev–Trinajstić information content (AvgIpc) is 2.46. The van der Waals surface area contributed by atoms with Crippen LogP contribution in [0.5, 0.6) is 11.5 Å². The number of phenols is 1. The van der Waals surface area contributed by atoms with Gasteiger partial charge in [-0.2, -0.15) is 0 Å². The minimum Gasteiger partial charge on any atom is -0.507 e. The molecular weight excluding hydrogens is 258 g/mol. The highest BCUT2D eigenvalue weighted by atomic mass is 16.5. The lowest BCUT2D eigenvalue weighted by Crippen LogP contribution is -2.39. The first-order valence-corrected chi connectivity index (χ1v) is 6.68. The minimum absolute atomic E-state index is 0.0571. The van der Waals surface area contributed by atoms with Crippen LogP contribution in [-0.4, -0.2) is 41.9 Å². The quantitative estimate of drug-likeness (QED) is 0.917. The summed E-state index contributed by atoms with van der Waals surface area (Å²) in [4.78, 5) is 25.2. The number of hydrogen-bond donors (Lipinski definition) is 1. The Morgan fingerprint density at radius 3 is 2.55 bits per heavy atom. The van der Waals surface area contributed by atoms with Gasteiger partial charge in [-0.1, -0.05) is 0 Å². The minimum atomic E-state index is -0.232. The summed E-state index contributed by atoms with van der Waals surface area (Å²) >= 11 is 0. The van der Waals surface area contributed by atoms with Crippen molar-refractivity contribution < 1.29 is 19.4 Å². The molecular formula is C15H19NO4. The number of rotatable bonds is 3. The van der Waals surface area contributed by atoms with Crippen molar-refractivity contribution in [1.29, 1.82) is 0 Å². The molecule has 0 radical (unpaired) electrons. The number of benzene rings is 1. The average molecular weight is 277 g/mol. The van der Waals surface area contributed by atoms with Crippen LogP contribution < -0.4 is 4.74 Å². The summed E-state index contributed by atoms with van der Waals surface area (Å²) < 4.78 is 5.00. The molecule has 0 bridgehead atoms. The van der Waals surface area contributed by atoms with Crippen molar-refractivity contribution in [2.45, 2.75) is 31.7 Å². The number of ether oxygens (including phenoxy) is 1. The van der Waals surface area contributed by atoms with Crippen molar-refractivity contribution in [2.75, 3.05) is 14.2 Å². The Morgan fingerprint density at radius 1 is 1.35 bits per heavy atom.